The van der Waals surface area contributed by atoms with E-state index in [4.69, 9.17) is 10.6 Å². The Morgan fingerprint density at radius 3 is 2.59 bits per heavy atom. The molecule has 2 aromatic rings. The second-order valence-electron chi connectivity index (χ2n) is 4.85. The van der Waals surface area contributed by atoms with Crippen LogP contribution in [0.25, 0.3) is 0 Å². The van der Waals surface area contributed by atoms with E-state index in [9.17, 15) is 9.90 Å². The van der Waals surface area contributed by atoms with Crippen molar-refractivity contribution in [1.29, 1.82) is 0 Å². The van der Waals surface area contributed by atoms with Crippen LogP contribution in [0.1, 0.15) is 16.7 Å². The smallest absolute Gasteiger partial charge is 0.333 e. The lowest BCUT2D eigenvalue weighted by atomic mass is 10.1. The van der Waals surface area contributed by atoms with Gasteiger partial charge in [-0.15, -0.1) is 0 Å². The van der Waals surface area contributed by atoms with E-state index in [0.717, 1.165) is 16.7 Å². The molecular weight excluding hydrogens is 280 g/mol. The highest BCUT2D eigenvalue weighted by Gasteiger charge is 2.18. The first-order valence-electron chi connectivity index (χ1n) is 6.89. The topological polar surface area (TPSA) is 84.9 Å². The third-order valence-corrected chi connectivity index (χ3v) is 3.17. The number of carboxylic acids is 1. The molecule has 2 rings (SSSR count). The van der Waals surface area contributed by atoms with Crippen molar-refractivity contribution in [3.8, 4) is 0 Å². The van der Waals surface area contributed by atoms with Gasteiger partial charge in [-0.05, 0) is 16.7 Å². The maximum atomic E-state index is 11.4. The standard InChI is InChI=1S/C17H18N2O3/c18-19-11-15-8-4-7-14(9-15)10-16(17(20)21)22-12-13-5-2-1-3-6-13/h1-9,11,16H,10,12,18H2,(H,20,21). The summed E-state index contributed by atoms with van der Waals surface area (Å²) >= 11 is 0. The first-order valence-corrected chi connectivity index (χ1v) is 6.89. The molecule has 1 unspecified atom stereocenters. The summed E-state index contributed by atoms with van der Waals surface area (Å²) in [6, 6.07) is 16.9. The number of hydrogen-bond donors (Lipinski definition) is 2. The molecule has 0 saturated heterocycles. The number of nitrogens with zero attached hydrogens (tertiary/aromatic N) is 1. The Balaban J connectivity index is 2.02. The molecule has 0 spiro atoms. The molecule has 2 aromatic carbocycles. The molecule has 0 aromatic heterocycles. The molecule has 0 aliphatic heterocycles. The number of carboxylic acid groups (broad SMARTS) is 1. The van der Waals surface area contributed by atoms with E-state index in [1.54, 1.807) is 0 Å². The summed E-state index contributed by atoms with van der Waals surface area (Å²) in [4.78, 5) is 11.4. The summed E-state index contributed by atoms with van der Waals surface area (Å²) in [6.07, 6.45) is 0.906. The summed E-state index contributed by atoms with van der Waals surface area (Å²) in [5.41, 5.74) is 2.63. The van der Waals surface area contributed by atoms with Crippen molar-refractivity contribution < 1.29 is 14.6 Å². The van der Waals surface area contributed by atoms with Gasteiger partial charge in [-0.25, -0.2) is 4.79 Å². The van der Waals surface area contributed by atoms with Crippen molar-refractivity contribution in [2.24, 2.45) is 10.9 Å². The first kappa shape index (κ1) is 15.7. The third-order valence-electron chi connectivity index (χ3n) is 3.17. The minimum atomic E-state index is -0.978. The highest BCUT2D eigenvalue weighted by atomic mass is 16.5. The summed E-state index contributed by atoms with van der Waals surface area (Å²) in [7, 11) is 0. The molecule has 5 heteroatoms. The summed E-state index contributed by atoms with van der Waals surface area (Å²) < 4.78 is 5.54. The number of benzene rings is 2. The van der Waals surface area contributed by atoms with Crippen LogP contribution in [0.5, 0.6) is 0 Å². The molecule has 0 bridgehead atoms. The highest BCUT2D eigenvalue weighted by Crippen LogP contribution is 2.11. The van der Waals surface area contributed by atoms with E-state index in [1.807, 2.05) is 54.6 Å². The summed E-state index contributed by atoms with van der Waals surface area (Å²) in [5, 5.41) is 12.8. The summed E-state index contributed by atoms with van der Waals surface area (Å²) in [6.45, 7) is 0.266. The van der Waals surface area contributed by atoms with E-state index in [2.05, 4.69) is 5.10 Å². The van der Waals surface area contributed by atoms with E-state index >= 15 is 0 Å². The zero-order valence-electron chi connectivity index (χ0n) is 12.1. The molecule has 22 heavy (non-hydrogen) atoms. The largest absolute Gasteiger partial charge is 0.479 e. The second-order valence-corrected chi connectivity index (χ2v) is 4.85. The maximum Gasteiger partial charge on any atom is 0.333 e. The van der Waals surface area contributed by atoms with Gasteiger partial charge < -0.3 is 15.7 Å². The molecule has 0 amide bonds. The monoisotopic (exact) mass is 298 g/mol. The molecule has 1 atom stereocenters. The van der Waals surface area contributed by atoms with E-state index in [1.165, 1.54) is 6.21 Å². The van der Waals surface area contributed by atoms with Crippen molar-refractivity contribution in [3.05, 3.63) is 71.3 Å². The van der Waals surface area contributed by atoms with Gasteiger partial charge in [0.1, 0.15) is 0 Å². The molecule has 0 fully saturated rings. The second kappa shape index (κ2) is 7.95. The van der Waals surface area contributed by atoms with Crippen LogP contribution in [0.4, 0.5) is 0 Å². The first-order chi connectivity index (χ1) is 10.7. The van der Waals surface area contributed by atoms with Gasteiger partial charge in [-0.3, -0.25) is 0 Å². The van der Waals surface area contributed by atoms with Gasteiger partial charge >= 0.3 is 5.97 Å². The lowest BCUT2D eigenvalue weighted by Gasteiger charge is -2.14. The van der Waals surface area contributed by atoms with Crippen LogP contribution in [0.15, 0.2) is 59.7 Å². The molecule has 114 valence electrons. The van der Waals surface area contributed by atoms with E-state index < -0.39 is 12.1 Å². The van der Waals surface area contributed by atoms with Crippen LogP contribution in [-0.2, 0) is 22.6 Å². The van der Waals surface area contributed by atoms with Crippen molar-refractivity contribution in [2.75, 3.05) is 0 Å². The Labute approximate surface area is 129 Å². The molecule has 5 nitrogen and oxygen atoms in total. The van der Waals surface area contributed by atoms with Crippen LogP contribution < -0.4 is 5.84 Å². The van der Waals surface area contributed by atoms with Crippen LogP contribution in [0.2, 0.25) is 0 Å². The Hall–Kier alpha value is -2.66. The number of hydrogen-bond acceptors (Lipinski definition) is 4. The third kappa shape index (κ3) is 4.71. The van der Waals surface area contributed by atoms with Crippen molar-refractivity contribution in [2.45, 2.75) is 19.1 Å². The fourth-order valence-corrected chi connectivity index (χ4v) is 2.09. The number of nitrogens with two attached hydrogens (primary N) is 1. The van der Waals surface area contributed by atoms with Gasteiger partial charge in [-0.2, -0.15) is 5.10 Å². The fraction of sp³-hybridized carbons (Fsp3) is 0.176. The van der Waals surface area contributed by atoms with Crippen LogP contribution in [0, 0.1) is 0 Å². The van der Waals surface area contributed by atoms with Crippen LogP contribution in [0.3, 0.4) is 0 Å². The maximum absolute atomic E-state index is 11.4. The molecule has 0 saturated carbocycles. The Morgan fingerprint density at radius 1 is 1.18 bits per heavy atom. The Kier molecular flexibility index (Phi) is 5.68. The van der Waals surface area contributed by atoms with Gasteiger partial charge in [-0.1, -0.05) is 54.6 Å². The minimum absolute atomic E-state index is 0.266. The quantitative estimate of drug-likeness (QED) is 0.466. The van der Waals surface area contributed by atoms with Gasteiger partial charge in [0.15, 0.2) is 6.10 Å². The van der Waals surface area contributed by atoms with Gasteiger partial charge in [0, 0.05) is 6.42 Å². The van der Waals surface area contributed by atoms with E-state index in [0.29, 0.717) is 0 Å². The number of rotatable bonds is 7. The van der Waals surface area contributed by atoms with Gasteiger partial charge in [0.25, 0.3) is 0 Å². The molecule has 3 N–H and O–H groups in total. The molecular formula is C17H18N2O3. The Bertz CT molecular complexity index is 641. The van der Waals surface area contributed by atoms with Crippen molar-refractivity contribution in [3.63, 3.8) is 0 Å². The molecule has 0 radical (unpaired) electrons. The zero-order chi connectivity index (χ0) is 15.8. The predicted molar refractivity (Wildman–Crippen MR) is 84.6 cm³/mol. The zero-order valence-corrected chi connectivity index (χ0v) is 12.1. The normalized spacial score (nSPS) is 12.4. The molecule has 0 heterocycles. The Morgan fingerprint density at radius 2 is 1.91 bits per heavy atom. The number of ether oxygens (including phenoxy) is 1. The van der Waals surface area contributed by atoms with E-state index in [-0.39, 0.29) is 13.0 Å². The number of aliphatic carboxylic acids is 1. The lowest BCUT2D eigenvalue weighted by Crippen LogP contribution is -2.26. The fourth-order valence-electron chi connectivity index (χ4n) is 2.09. The minimum Gasteiger partial charge on any atom is -0.479 e. The number of carbonyl (C=O) groups is 1. The lowest BCUT2D eigenvalue weighted by molar-refractivity contribution is -0.151. The summed E-state index contributed by atoms with van der Waals surface area (Å²) in [5.74, 6) is 4.14. The average molecular weight is 298 g/mol. The van der Waals surface area contributed by atoms with Gasteiger partial charge in [0.05, 0.1) is 12.8 Å². The average Bonchev–Trinajstić information content (AvgIpc) is 2.53. The SMILES string of the molecule is NN=Cc1cccc(CC(OCc2ccccc2)C(=O)O)c1. The van der Waals surface area contributed by atoms with Crippen LogP contribution >= 0.6 is 0 Å². The predicted octanol–water partition coefficient (Wildman–Crippen LogP) is 2.19. The van der Waals surface area contributed by atoms with Crippen molar-refractivity contribution in [1.82, 2.24) is 0 Å². The van der Waals surface area contributed by atoms with Crippen molar-refractivity contribution >= 4 is 12.2 Å². The highest BCUT2D eigenvalue weighted by molar-refractivity contribution is 5.79. The molecule has 0 aliphatic carbocycles. The molecule has 0 aliphatic rings. The number of hydrazone groups is 1. The van der Waals surface area contributed by atoms with Crippen LogP contribution in [-0.4, -0.2) is 23.4 Å². The van der Waals surface area contributed by atoms with Gasteiger partial charge in [0.2, 0.25) is 0 Å².